The molecule has 2 heterocycles. The lowest BCUT2D eigenvalue weighted by Gasteiger charge is -2.30. The van der Waals surface area contributed by atoms with E-state index < -0.39 is 0 Å². The van der Waals surface area contributed by atoms with Crippen molar-refractivity contribution in [2.45, 2.75) is 20.3 Å². The minimum Gasteiger partial charge on any atom is -0.379 e. The van der Waals surface area contributed by atoms with E-state index in [0.717, 1.165) is 49.4 Å². The molecule has 0 radical (unpaired) electrons. The summed E-state index contributed by atoms with van der Waals surface area (Å²) in [5, 5.41) is 10.0. The van der Waals surface area contributed by atoms with E-state index in [2.05, 4.69) is 22.9 Å². The normalized spacial score (nSPS) is 15.1. The number of amides is 1. The molecule has 0 unspecified atom stereocenters. The number of fused-ring (bicyclic) bond motifs is 1. The summed E-state index contributed by atoms with van der Waals surface area (Å²) in [6.45, 7) is 9.29. The van der Waals surface area contributed by atoms with Crippen molar-refractivity contribution < 1.29 is 9.53 Å². The number of aromatic nitrogens is 1. The van der Waals surface area contributed by atoms with Crippen molar-refractivity contribution in [2.24, 2.45) is 0 Å². The highest BCUT2D eigenvalue weighted by molar-refractivity contribution is 5.99. The maximum absolute atomic E-state index is 13.0. The Kier molecular flexibility index (Phi) is 5.92. The molecule has 0 bridgehead atoms. The molecule has 1 aromatic heterocycles. The number of aryl methyl sites for hydroxylation is 2. The number of nitrogens with one attached hydrogen (secondary N) is 1. The van der Waals surface area contributed by atoms with Gasteiger partial charge in [-0.15, -0.1) is 0 Å². The average Bonchev–Trinajstić information content (AvgIpc) is 2.96. The highest BCUT2D eigenvalue weighted by atomic mass is 16.5. The van der Waals surface area contributed by atoms with Gasteiger partial charge in [0, 0.05) is 54.9 Å². The van der Waals surface area contributed by atoms with Gasteiger partial charge in [0.15, 0.2) is 0 Å². The third-order valence-corrected chi connectivity index (χ3v) is 5.13. The number of ether oxygens (including phenoxy) is 1. The van der Waals surface area contributed by atoms with Crippen molar-refractivity contribution >= 4 is 16.8 Å². The number of aromatic amines is 1. The minimum absolute atomic E-state index is 0.00587. The predicted molar refractivity (Wildman–Crippen MR) is 101 cm³/mol. The molecule has 0 aliphatic carbocycles. The van der Waals surface area contributed by atoms with E-state index in [1.165, 1.54) is 5.56 Å². The fraction of sp³-hybridized carbons (Fsp3) is 0.500. The Labute approximate surface area is 154 Å². The molecule has 6 heteroatoms. The SMILES string of the molecule is Cc1[nH]c2ccc(C(=O)N(CCC#N)CCN3CCOCC3)cc2c1C. The molecule has 1 aromatic carbocycles. The Morgan fingerprint density at radius 2 is 2.08 bits per heavy atom. The molecule has 1 N–H and O–H groups in total. The van der Waals surface area contributed by atoms with Crippen LogP contribution in [0.2, 0.25) is 0 Å². The lowest BCUT2D eigenvalue weighted by molar-refractivity contribution is 0.0326. The second kappa shape index (κ2) is 8.35. The minimum atomic E-state index is -0.00587. The van der Waals surface area contributed by atoms with Gasteiger partial charge in [-0.3, -0.25) is 9.69 Å². The number of nitrogens with zero attached hydrogens (tertiary/aromatic N) is 3. The molecule has 3 rings (SSSR count). The number of H-pyrrole nitrogens is 1. The number of rotatable bonds is 6. The van der Waals surface area contributed by atoms with Crippen molar-refractivity contribution in [3.63, 3.8) is 0 Å². The summed E-state index contributed by atoms with van der Waals surface area (Å²) in [6.07, 6.45) is 0.347. The van der Waals surface area contributed by atoms with Gasteiger partial charge < -0.3 is 14.6 Å². The number of benzene rings is 1. The van der Waals surface area contributed by atoms with Crippen LogP contribution in [0.25, 0.3) is 10.9 Å². The first-order chi connectivity index (χ1) is 12.6. The van der Waals surface area contributed by atoms with E-state index in [9.17, 15) is 4.79 Å². The molecule has 0 spiro atoms. The van der Waals surface area contributed by atoms with Crippen molar-refractivity contribution in [1.82, 2.24) is 14.8 Å². The summed E-state index contributed by atoms with van der Waals surface area (Å²) in [6, 6.07) is 7.95. The molecule has 1 aliphatic rings. The van der Waals surface area contributed by atoms with E-state index in [1.807, 2.05) is 25.1 Å². The molecule has 0 atom stereocenters. The average molecular weight is 354 g/mol. The van der Waals surface area contributed by atoms with Gasteiger partial charge in [-0.2, -0.15) is 5.26 Å². The van der Waals surface area contributed by atoms with Crippen LogP contribution in [0.1, 0.15) is 28.0 Å². The van der Waals surface area contributed by atoms with Crippen LogP contribution in [0.4, 0.5) is 0 Å². The summed E-state index contributed by atoms with van der Waals surface area (Å²) in [5.74, 6) is -0.00587. The highest BCUT2D eigenvalue weighted by Crippen LogP contribution is 2.23. The number of carbonyl (C=O) groups is 1. The Morgan fingerprint density at radius 1 is 1.31 bits per heavy atom. The van der Waals surface area contributed by atoms with Gasteiger partial charge in [-0.25, -0.2) is 0 Å². The van der Waals surface area contributed by atoms with Crippen molar-refractivity contribution in [2.75, 3.05) is 45.9 Å². The molecule has 1 amide bonds. The van der Waals surface area contributed by atoms with E-state index in [1.54, 1.807) is 4.90 Å². The molecule has 1 saturated heterocycles. The van der Waals surface area contributed by atoms with Gasteiger partial charge >= 0.3 is 0 Å². The summed E-state index contributed by atoms with van der Waals surface area (Å²) in [5.41, 5.74) is 4.03. The van der Waals surface area contributed by atoms with Crippen LogP contribution in [0, 0.1) is 25.2 Å². The maximum Gasteiger partial charge on any atom is 0.253 e. The van der Waals surface area contributed by atoms with Gasteiger partial charge in [0.2, 0.25) is 0 Å². The molecule has 0 saturated carbocycles. The lowest BCUT2D eigenvalue weighted by Crippen LogP contribution is -2.43. The predicted octanol–water partition coefficient (Wildman–Crippen LogP) is 2.47. The Morgan fingerprint density at radius 3 is 2.81 bits per heavy atom. The zero-order chi connectivity index (χ0) is 18.5. The van der Waals surface area contributed by atoms with Crippen molar-refractivity contribution in [3.8, 4) is 6.07 Å². The van der Waals surface area contributed by atoms with Crippen LogP contribution in [0.3, 0.4) is 0 Å². The summed E-state index contributed by atoms with van der Waals surface area (Å²) >= 11 is 0. The fourth-order valence-corrected chi connectivity index (χ4v) is 3.36. The first kappa shape index (κ1) is 18.4. The second-order valence-corrected chi connectivity index (χ2v) is 6.79. The van der Waals surface area contributed by atoms with Crippen LogP contribution in [0.5, 0.6) is 0 Å². The van der Waals surface area contributed by atoms with Gasteiger partial charge in [-0.05, 0) is 37.6 Å². The van der Waals surface area contributed by atoms with Gasteiger partial charge in [0.25, 0.3) is 5.91 Å². The van der Waals surface area contributed by atoms with Gasteiger partial charge in [-0.1, -0.05) is 0 Å². The number of carbonyl (C=O) groups excluding carboxylic acids is 1. The summed E-state index contributed by atoms with van der Waals surface area (Å²) in [4.78, 5) is 20.5. The molecular weight excluding hydrogens is 328 g/mol. The standard InChI is InChI=1S/C20H26N4O2/c1-15-16(2)22-19-5-4-17(14-18(15)19)20(25)24(7-3-6-21)9-8-23-10-12-26-13-11-23/h4-5,14,22H,3,7-13H2,1-2H3. The van der Waals surface area contributed by atoms with Crippen LogP contribution < -0.4 is 0 Å². The molecule has 2 aromatic rings. The number of hydrogen-bond acceptors (Lipinski definition) is 4. The van der Waals surface area contributed by atoms with E-state index in [-0.39, 0.29) is 5.91 Å². The van der Waals surface area contributed by atoms with E-state index in [4.69, 9.17) is 10.00 Å². The summed E-state index contributed by atoms with van der Waals surface area (Å²) < 4.78 is 5.37. The Hall–Kier alpha value is -2.36. The monoisotopic (exact) mass is 354 g/mol. The van der Waals surface area contributed by atoms with Crippen LogP contribution >= 0.6 is 0 Å². The third kappa shape index (κ3) is 4.06. The molecule has 1 fully saturated rings. The van der Waals surface area contributed by atoms with E-state index in [0.29, 0.717) is 25.1 Å². The molecule has 1 aliphatic heterocycles. The smallest absolute Gasteiger partial charge is 0.253 e. The van der Waals surface area contributed by atoms with Crippen LogP contribution in [-0.4, -0.2) is 66.6 Å². The Bertz CT molecular complexity index is 815. The van der Waals surface area contributed by atoms with Gasteiger partial charge in [0.05, 0.1) is 25.7 Å². The number of nitriles is 1. The molecule has 138 valence electrons. The van der Waals surface area contributed by atoms with Crippen molar-refractivity contribution in [1.29, 1.82) is 5.26 Å². The second-order valence-electron chi connectivity index (χ2n) is 6.79. The van der Waals surface area contributed by atoms with Gasteiger partial charge in [0.1, 0.15) is 0 Å². The largest absolute Gasteiger partial charge is 0.379 e. The van der Waals surface area contributed by atoms with Crippen molar-refractivity contribution in [3.05, 3.63) is 35.0 Å². The lowest BCUT2D eigenvalue weighted by atomic mass is 10.1. The maximum atomic E-state index is 13.0. The van der Waals surface area contributed by atoms with Crippen LogP contribution in [-0.2, 0) is 4.74 Å². The fourth-order valence-electron chi connectivity index (χ4n) is 3.36. The first-order valence-electron chi connectivity index (χ1n) is 9.15. The third-order valence-electron chi connectivity index (χ3n) is 5.13. The first-order valence-corrected chi connectivity index (χ1v) is 9.15. The Balaban J connectivity index is 1.75. The number of morpholine rings is 1. The number of hydrogen-bond donors (Lipinski definition) is 1. The van der Waals surface area contributed by atoms with E-state index >= 15 is 0 Å². The highest BCUT2D eigenvalue weighted by Gasteiger charge is 2.19. The molecular formula is C20H26N4O2. The summed E-state index contributed by atoms with van der Waals surface area (Å²) in [7, 11) is 0. The molecule has 26 heavy (non-hydrogen) atoms. The topological polar surface area (TPSA) is 72.4 Å². The van der Waals surface area contributed by atoms with Crippen LogP contribution in [0.15, 0.2) is 18.2 Å². The zero-order valence-corrected chi connectivity index (χ0v) is 15.5. The quantitative estimate of drug-likeness (QED) is 0.865. The molecule has 6 nitrogen and oxygen atoms in total. The zero-order valence-electron chi connectivity index (χ0n) is 15.5.